The first-order valence-corrected chi connectivity index (χ1v) is 8.54. The van der Waals surface area contributed by atoms with Crippen LogP contribution in [0.25, 0.3) is 0 Å². The number of rotatable bonds is 3. The molecule has 2 aliphatic rings. The number of ether oxygens (including phenoxy) is 2. The van der Waals surface area contributed by atoms with E-state index in [0.717, 1.165) is 38.7 Å². The molecule has 128 valence electrons. The maximum atomic E-state index is 12.0. The maximum absolute atomic E-state index is 12.0. The molecule has 0 radical (unpaired) electrons. The molecular formula is C17H32N2O3. The molecule has 3 unspecified atom stereocenters. The van der Waals surface area contributed by atoms with E-state index in [1.165, 1.54) is 0 Å². The summed E-state index contributed by atoms with van der Waals surface area (Å²) >= 11 is 0. The topological polar surface area (TPSA) is 59.6 Å². The van der Waals surface area contributed by atoms with Gasteiger partial charge in [-0.15, -0.1) is 0 Å². The molecule has 0 aromatic heterocycles. The van der Waals surface area contributed by atoms with Gasteiger partial charge in [0.2, 0.25) is 0 Å². The summed E-state index contributed by atoms with van der Waals surface area (Å²) < 4.78 is 11.1. The van der Waals surface area contributed by atoms with Crippen molar-refractivity contribution >= 4 is 6.09 Å². The number of carbonyl (C=O) groups is 1. The predicted octanol–water partition coefficient (Wildman–Crippen LogP) is 2.98. The minimum atomic E-state index is -0.448. The van der Waals surface area contributed by atoms with Gasteiger partial charge in [0, 0.05) is 24.7 Å². The second-order valence-electron chi connectivity index (χ2n) is 8.25. The van der Waals surface area contributed by atoms with Crippen LogP contribution in [0.4, 0.5) is 4.79 Å². The van der Waals surface area contributed by atoms with Crippen LogP contribution in [0, 0.1) is 0 Å². The quantitative estimate of drug-likeness (QED) is 0.841. The Hall–Kier alpha value is -0.810. The molecule has 1 saturated heterocycles. The lowest BCUT2D eigenvalue weighted by Gasteiger charge is -2.38. The fraction of sp³-hybridized carbons (Fsp3) is 0.941. The number of alkyl carbamates (subject to hydrolysis) is 1. The molecule has 1 heterocycles. The largest absolute Gasteiger partial charge is 0.444 e. The van der Waals surface area contributed by atoms with Gasteiger partial charge in [-0.25, -0.2) is 4.79 Å². The van der Waals surface area contributed by atoms with Crippen molar-refractivity contribution in [2.24, 2.45) is 0 Å². The van der Waals surface area contributed by atoms with Crippen LogP contribution < -0.4 is 10.6 Å². The lowest BCUT2D eigenvalue weighted by atomic mass is 9.93. The van der Waals surface area contributed by atoms with Gasteiger partial charge in [0.05, 0.1) is 5.60 Å². The maximum Gasteiger partial charge on any atom is 0.407 e. The summed E-state index contributed by atoms with van der Waals surface area (Å²) in [5.41, 5.74) is -0.501. The van der Waals surface area contributed by atoms with E-state index in [1.54, 1.807) is 0 Å². The molecule has 0 bridgehead atoms. The molecule has 2 rings (SSSR count). The minimum Gasteiger partial charge on any atom is -0.444 e. The fourth-order valence-electron chi connectivity index (χ4n) is 3.47. The molecule has 0 aromatic carbocycles. The average molecular weight is 312 g/mol. The Labute approximate surface area is 134 Å². The van der Waals surface area contributed by atoms with Gasteiger partial charge < -0.3 is 20.1 Å². The number of hydrogen-bond donors (Lipinski definition) is 2. The Bertz CT molecular complexity index is 390. The van der Waals surface area contributed by atoms with Crippen LogP contribution in [0.5, 0.6) is 0 Å². The summed E-state index contributed by atoms with van der Waals surface area (Å²) in [4.78, 5) is 12.0. The second kappa shape index (κ2) is 6.75. The van der Waals surface area contributed by atoms with Crippen molar-refractivity contribution < 1.29 is 14.3 Å². The number of carbonyl (C=O) groups excluding carboxylic acids is 1. The molecule has 5 nitrogen and oxygen atoms in total. The highest BCUT2D eigenvalue weighted by atomic mass is 16.6. The average Bonchev–Trinajstić information content (AvgIpc) is 2.72. The first kappa shape index (κ1) is 17.5. The molecule has 3 atom stereocenters. The third-order valence-electron chi connectivity index (χ3n) is 4.36. The van der Waals surface area contributed by atoms with Gasteiger partial charge in [-0.3, -0.25) is 0 Å². The first-order valence-electron chi connectivity index (χ1n) is 8.54. The van der Waals surface area contributed by atoms with E-state index in [0.29, 0.717) is 12.1 Å². The van der Waals surface area contributed by atoms with Gasteiger partial charge in [0.1, 0.15) is 5.60 Å². The van der Waals surface area contributed by atoms with Gasteiger partial charge in [-0.1, -0.05) is 0 Å². The molecule has 1 aliphatic carbocycles. The van der Waals surface area contributed by atoms with Gasteiger partial charge in [-0.2, -0.15) is 0 Å². The fourth-order valence-corrected chi connectivity index (χ4v) is 3.47. The number of hydrogen-bond acceptors (Lipinski definition) is 4. The highest BCUT2D eigenvalue weighted by Crippen LogP contribution is 2.27. The molecule has 0 aromatic rings. The standard InChI is InChI=1S/C17H32N2O3/c1-16(2,3)22-15(20)19-14-8-6-7-13(14)18-12-9-10-21-17(4,5)11-12/h12-14,18H,6-11H2,1-5H3,(H,19,20). The molecule has 2 N–H and O–H groups in total. The monoisotopic (exact) mass is 312 g/mol. The minimum absolute atomic E-state index is 0.0530. The van der Waals surface area contributed by atoms with Crippen LogP contribution in [0.2, 0.25) is 0 Å². The van der Waals surface area contributed by atoms with E-state index in [9.17, 15) is 4.79 Å². The van der Waals surface area contributed by atoms with Gasteiger partial charge in [-0.05, 0) is 66.7 Å². The molecule has 1 aliphatic heterocycles. The van der Waals surface area contributed by atoms with E-state index >= 15 is 0 Å². The molecule has 1 saturated carbocycles. The highest BCUT2D eigenvalue weighted by molar-refractivity contribution is 5.68. The van der Waals surface area contributed by atoms with Crippen molar-refractivity contribution in [3.05, 3.63) is 0 Å². The zero-order chi connectivity index (χ0) is 16.4. The number of amides is 1. The zero-order valence-electron chi connectivity index (χ0n) is 14.7. The Morgan fingerprint density at radius 3 is 2.50 bits per heavy atom. The summed E-state index contributed by atoms with van der Waals surface area (Å²) in [6.07, 6.45) is 5.02. The van der Waals surface area contributed by atoms with Gasteiger partial charge in [0.15, 0.2) is 0 Å². The van der Waals surface area contributed by atoms with Crippen molar-refractivity contribution in [2.45, 2.75) is 96.1 Å². The van der Waals surface area contributed by atoms with Crippen molar-refractivity contribution in [3.63, 3.8) is 0 Å². The highest BCUT2D eigenvalue weighted by Gasteiger charge is 2.35. The third kappa shape index (κ3) is 5.43. The third-order valence-corrected chi connectivity index (χ3v) is 4.36. The van der Waals surface area contributed by atoms with Crippen LogP contribution >= 0.6 is 0 Å². The molecule has 0 spiro atoms. The Kier molecular flexibility index (Phi) is 5.38. The lowest BCUT2D eigenvalue weighted by molar-refractivity contribution is -0.0644. The molecule has 5 heteroatoms. The van der Waals surface area contributed by atoms with Gasteiger partial charge in [0.25, 0.3) is 0 Å². The Morgan fingerprint density at radius 1 is 1.18 bits per heavy atom. The van der Waals surface area contributed by atoms with Crippen molar-refractivity contribution in [1.29, 1.82) is 0 Å². The van der Waals surface area contributed by atoms with Crippen molar-refractivity contribution in [2.75, 3.05) is 6.61 Å². The molecular weight excluding hydrogens is 280 g/mol. The van der Waals surface area contributed by atoms with Crippen LogP contribution in [0.1, 0.15) is 66.7 Å². The van der Waals surface area contributed by atoms with Crippen LogP contribution in [0.3, 0.4) is 0 Å². The van der Waals surface area contributed by atoms with Gasteiger partial charge >= 0.3 is 6.09 Å². The van der Waals surface area contributed by atoms with Crippen LogP contribution in [-0.2, 0) is 9.47 Å². The van der Waals surface area contributed by atoms with Crippen molar-refractivity contribution in [3.8, 4) is 0 Å². The zero-order valence-corrected chi connectivity index (χ0v) is 14.7. The van der Waals surface area contributed by atoms with E-state index < -0.39 is 5.60 Å². The smallest absolute Gasteiger partial charge is 0.407 e. The van der Waals surface area contributed by atoms with Crippen LogP contribution in [0.15, 0.2) is 0 Å². The summed E-state index contributed by atoms with van der Waals surface area (Å²) in [5, 5.41) is 6.78. The normalized spacial score (nSPS) is 31.8. The van der Waals surface area contributed by atoms with Crippen molar-refractivity contribution in [1.82, 2.24) is 10.6 Å². The van der Waals surface area contributed by atoms with Crippen LogP contribution in [-0.4, -0.2) is 42.0 Å². The van der Waals surface area contributed by atoms with E-state index in [1.807, 2.05) is 20.8 Å². The second-order valence-corrected chi connectivity index (χ2v) is 8.25. The molecule has 2 fully saturated rings. The summed E-state index contributed by atoms with van der Waals surface area (Å²) in [5.74, 6) is 0. The summed E-state index contributed by atoms with van der Waals surface area (Å²) in [6.45, 7) is 10.8. The van der Waals surface area contributed by atoms with E-state index in [-0.39, 0.29) is 17.7 Å². The summed E-state index contributed by atoms with van der Waals surface area (Å²) in [6, 6.07) is 0.974. The predicted molar refractivity (Wildman–Crippen MR) is 87.0 cm³/mol. The number of nitrogens with one attached hydrogen (secondary N) is 2. The Morgan fingerprint density at radius 2 is 1.86 bits per heavy atom. The Balaban J connectivity index is 1.84. The van der Waals surface area contributed by atoms with E-state index in [4.69, 9.17) is 9.47 Å². The van der Waals surface area contributed by atoms with E-state index in [2.05, 4.69) is 24.5 Å². The molecule has 22 heavy (non-hydrogen) atoms. The SMILES string of the molecule is CC(C)(C)OC(=O)NC1CCCC1NC1CCOC(C)(C)C1. The molecule has 1 amide bonds. The lowest BCUT2D eigenvalue weighted by Crippen LogP contribution is -2.53. The summed E-state index contributed by atoms with van der Waals surface area (Å²) in [7, 11) is 0. The first-order chi connectivity index (χ1) is 10.1.